The molecule has 7 nitrogen and oxygen atoms in total. The van der Waals surface area contributed by atoms with Gasteiger partial charge < -0.3 is 14.8 Å². The second kappa shape index (κ2) is 10.7. The first-order valence-corrected chi connectivity index (χ1v) is 10.2. The predicted molar refractivity (Wildman–Crippen MR) is 123 cm³/mol. The van der Waals surface area contributed by atoms with Gasteiger partial charge in [-0.1, -0.05) is 91.0 Å². The average molecular weight is 426 g/mol. The normalized spacial score (nSPS) is 10.4. The lowest BCUT2D eigenvalue weighted by atomic mass is 10.2. The maximum Gasteiger partial charge on any atom is 0.322 e. The van der Waals surface area contributed by atoms with E-state index in [0.717, 1.165) is 16.7 Å². The average Bonchev–Trinajstić information content (AvgIpc) is 2.86. The van der Waals surface area contributed by atoms with Gasteiger partial charge in [-0.3, -0.25) is 0 Å². The Balaban J connectivity index is 1.58. The molecule has 0 aliphatic rings. The van der Waals surface area contributed by atoms with E-state index >= 15 is 0 Å². The molecular weight excluding hydrogens is 404 g/mol. The summed E-state index contributed by atoms with van der Waals surface area (Å²) in [7, 11) is 0. The van der Waals surface area contributed by atoms with Crippen molar-refractivity contribution in [1.29, 1.82) is 0 Å². The lowest BCUT2D eigenvalue weighted by Gasteiger charge is -2.13. The fraction of sp³-hybridized carbons (Fsp3) is 0.120. The molecule has 1 heterocycles. The Labute approximate surface area is 186 Å². The van der Waals surface area contributed by atoms with Crippen LogP contribution in [0.5, 0.6) is 11.9 Å². The Hall–Kier alpha value is -4.26. The quantitative estimate of drug-likeness (QED) is 0.330. The molecule has 32 heavy (non-hydrogen) atoms. The largest absolute Gasteiger partial charge is 0.471 e. The molecule has 160 valence electrons. The van der Waals surface area contributed by atoms with E-state index in [-0.39, 0.29) is 36.6 Å². The van der Waals surface area contributed by atoms with Crippen molar-refractivity contribution in [2.75, 3.05) is 5.32 Å². The number of benzene rings is 3. The Bertz CT molecular complexity index is 1080. The molecule has 4 rings (SSSR count). The number of rotatable bonds is 10. The topological polar surface area (TPSA) is 85.7 Å². The third kappa shape index (κ3) is 5.66. The molecule has 3 aromatic carbocycles. The molecule has 0 bridgehead atoms. The second-order valence-electron chi connectivity index (χ2n) is 6.99. The lowest BCUT2D eigenvalue weighted by molar-refractivity contribution is 0.260. The van der Waals surface area contributed by atoms with Crippen molar-refractivity contribution in [3.8, 4) is 11.9 Å². The lowest BCUT2D eigenvalue weighted by Crippen LogP contribution is -2.07. The molecule has 7 heteroatoms. The highest BCUT2D eigenvalue weighted by molar-refractivity contribution is 5.66. The van der Waals surface area contributed by atoms with Gasteiger partial charge in [0.15, 0.2) is 5.82 Å². The number of ether oxygens (including phenoxy) is 2. The van der Waals surface area contributed by atoms with E-state index in [4.69, 9.17) is 9.47 Å². The molecule has 0 amide bonds. The van der Waals surface area contributed by atoms with E-state index < -0.39 is 0 Å². The van der Waals surface area contributed by atoms with Crippen LogP contribution in [0, 0.1) is 4.91 Å². The van der Waals surface area contributed by atoms with Gasteiger partial charge in [0.05, 0.1) is 0 Å². The van der Waals surface area contributed by atoms with Crippen LogP contribution < -0.4 is 14.8 Å². The maximum absolute atomic E-state index is 11.7. The zero-order valence-electron chi connectivity index (χ0n) is 17.3. The highest BCUT2D eigenvalue weighted by atomic mass is 16.5. The molecule has 1 aromatic heterocycles. The summed E-state index contributed by atoms with van der Waals surface area (Å²) in [6.07, 6.45) is 0. The summed E-state index contributed by atoms with van der Waals surface area (Å²) in [6, 6.07) is 29.2. The summed E-state index contributed by atoms with van der Waals surface area (Å²) in [5.74, 6) is 0.322. The van der Waals surface area contributed by atoms with Crippen LogP contribution in [0.15, 0.2) is 96.2 Å². The molecular formula is C25H22N4O3. The van der Waals surface area contributed by atoms with E-state index in [2.05, 4.69) is 20.5 Å². The van der Waals surface area contributed by atoms with Gasteiger partial charge in [0.25, 0.3) is 5.88 Å². The first kappa shape index (κ1) is 21.0. The number of nitrogens with zero attached hydrogens (tertiary/aromatic N) is 3. The summed E-state index contributed by atoms with van der Waals surface area (Å²) < 4.78 is 11.6. The Kier molecular flexibility index (Phi) is 7.00. The Morgan fingerprint density at radius 1 is 0.688 bits per heavy atom. The van der Waals surface area contributed by atoms with Gasteiger partial charge in [0.1, 0.15) is 13.2 Å². The summed E-state index contributed by atoms with van der Waals surface area (Å²) in [5.41, 5.74) is 2.94. The van der Waals surface area contributed by atoms with Gasteiger partial charge in [-0.05, 0) is 21.9 Å². The van der Waals surface area contributed by atoms with Gasteiger partial charge in [0, 0.05) is 6.54 Å². The van der Waals surface area contributed by atoms with Crippen LogP contribution >= 0.6 is 0 Å². The molecule has 0 saturated carbocycles. The van der Waals surface area contributed by atoms with Crippen LogP contribution in [-0.4, -0.2) is 9.97 Å². The number of anilines is 1. The SMILES string of the molecule is O=Nc1c(NCc2ccccc2)nc(OCc2ccccc2)nc1OCc1ccccc1. The minimum Gasteiger partial charge on any atom is -0.471 e. The van der Waals surface area contributed by atoms with Crippen molar-refractivity contribution in [3.63, 3.8) is 0 Å². The van der Waals surface area contributed by atoms with Crippen molar-refractivity contribution in [2.24, 2.45) is 5.18 Å². The van der Waals surface area contributed by atoms with Crippen LogP contribution in [-0.2, 0) is 19.8 Å². The Morgan fingerprint density at radius 2 is 1.22 bits per heavy atom. The van der Waals surface area contributed by atoms with Crippen LogP contribution in [0.25, 0.3) is 0 Å². The van der Waals surface area contributed by atoms with Crippen LogP contribution in [0.2, 0.25) is 0 Å². The van der Waals surface area contributed by atoms with Crippen LogP contribution in [0.4, 0.5) is 11.5 Å². The van der Waals surface area contributed by atoms with E-state index in [0.29, 0.717) is 6.54 Å². The smallest absolute Gasteiger partial charge is 0.322 e. The minimum absolute atomic E-state index is 0.00363. The zero-order chi connectivity index (χ0) is 22.0. The van der Waals surface area contributed by atoms with Crippen LogP contribution in [0.3, 0.4) is 0 Å². The maximum atomic E-state index is 11.7. The van der Waals surface area contributed by atoms with Gasteiger partial charge >= 0.3 is 6.01 Å². The highest BCUT2D eigenvalue weighted by Crippen LogP contribution is 2.35. The molecule has 0 fully saturated rings. The molecule has 4 aromatic rings. The van der Waals surface area contributed by atoms with Crippen molar-refractivity contribution in [2.45, 2.75) is 19.8 Å². The van der Waals surface area contributed by atoms with E-state index in [1.165, 1.54) is 0 Å². The predicted octanol–water partition coefficient (Wildman–Crippen LogP) is 5.64. The van der Waals surface area contributed by atoms with Crippen molar-refractivity contribution < 1.29 is 9.47 Å². The second-order valence-corrected chi connectivity index (χ2v) is 6.99. The molecule has 0 unspecified atom stereocenters. The van der Waals surface area contributed by atoms with Crippen molar-refractivity contribution in [3.05, 3.63) is 113 Å². The third-order valence-electron chi connectivity index (χ3n) is 4.65. The van der Waals surface area contributed by atoms with Crippen molar-refractivity contribution in [1.82, 2.24) is 9.97 Å². The number of hydrogen-bond acceptors (Lipinski definition) is 7. The molecule has 0 spiro atoms. The molecule has 0 atom stereocenters. The zero-order valence-corrected chi connectivity index (χ0v) is 17.3. The summed E-state index contributed by atoms with van der Waals surface area (Å²) >= 11 is 0. The van der Waals surface area contributed by atoms with E-state index in [1.54, 1.807) is 0 Å². The first-order valence-electron chi connectivity index (χ1n) is 10.2. The van der Waals surface area contributed by atoms with E-state index in [9.17, 15) is 4.91 Å². The minimum atomic E-state index is 0.00363. The fourth-order valence-electron chi connectivity index (χ4n) is 3.02. The molecule has 0 aliphatic heterocycles. The van der Waals surface area contributed by atoms with Gasteiger partial charge in [0.2, 0.25) is 5.69 Å². The van der Waals surface area contributed by atoms with Crippen LogP contribution in [0.1, 0.15) is 16.7 Å². The van der Waals surface area contributed by atoms with Gasteiger partial charge in [-0.25, -0.2) is 0 Å². The Morgan fingerprint density at radius 3 is 1.78 bits per heavy atom. The summed E-state index contributed by atoms with van der Waals surface area (Å²) in [5, 5.41) is 6.29. The van der Waals surface area contributed by atoms with Gasteiger partial charge in [-0.2, -0.15) is 9.97 Å². The van der Waals surface area contributed by atoms with Gasteiger partial charge in [-0.15, -0.1) is 4.91 Å². The summed E-state index contributed by atoms with van der Waals surface area (Å²) in [6.45, 7) is 0.970. The number of aromatic nitrogens is 2. The van der Waals surface area contributed by atoms with Crippen molar-refractivity contribution >= 4 is 11.5 Å². The third-order valence-corrected chi connectivity index (χ3v) is 4.65. The number of nitrogens with one attached hydrogen (secondary N) is 1. The molecule has 1 N–H and O–H groups in total. The first-order chi connectivity index (χ1) is 15.8. The monoisotopic (exact) mass is 426 g/mol. The summed E-state index contributed by atoms with van der Waals surface area (Å²) in [4.78, 5) is 20.3. The highest BCUT2D eigenvalue weighted by Gasteiger charge is 2.18. The molecule has 0 radical (unpaired) electrons. The number of nitroso groups, excluding NO2 is 1. The molecule has 0 aliphatic carbocycles. The molecule has 0 saturated heterocycles. The van der Waals surface area contributed by atoms with E-state index in [1.807, 2.05) is 91.0 Å². The standard InChI is InChI=1S/C25H22N4O3/c30-29-22-23(26-16-19-10-4-1-5-11-19)27-25(32-18-21-14-8-3-9-15-21)28-24(22)31-17-20-12-6-2-7-13-20/h1-15H,16-18H2,(H,26,27,28). The fourth-order valence-corrected chi connectivity index (χ4v) is 3.02. The number of hydrogen-bond donors (Lipinski definition) is 1.